The third-order valence-electron chi connectivity index (χ3n) is 3.89. The summed E-state index contributed by atoms with van der Waals surface area (Å²) in [6.07, 6.45) is 0. The lowest BCUT2D eigenvalue weighted by Crippen LogP contribution is -1.70. The highest BCUT2D eigenvalue weighted by Gasteiger charge is 2.11. The lowest BCUT2D eigenvalue weighted by molar-refractivity contribution is 0.622. The second kappa shape index (κ2) is 4.42. The standard InChI is InChI=1S/C19H11NOS/c1-2-6-13-10-17-14(9-12(13)5-1)11-18(22-17)19-20-15-7-3-4-8-16(15)21-19/h1-11H. The van der Waals surface area contributed by atoms with Gasteiger partial charge in [-0.25, -0.2) is 4.98 Å². The van der Waals surface area contributed by atoms with E-state index in [0.29, 0.717) is 5.89 Å². The Hall–Kier alpha value is -2.65. The third kappa shape index (κ3) is 1.76. The molecular formula is C19H11NOS. The fourth-order valence-corrected chi connectivity index (χ4v) is 3.83. The maximum atomic E-state index is 5.88. The summed E-state index contributed by atoms with van der Waals surface area (Å²) in [5.41, 5.74) is 1.74. The molecule has 0 atom stereocenters. The lowest BCUT2D eigenvalue weighted by atomic mass is 10.1. The molecule has 2 heterocycles. The van der Waals surface area contributed by atoms with Gasteiger partial charge in [-0.05, 0) is 46.5 Å². The maximum absolute atomic E-state index is 5.88. The number of hydrogen-bond acceptors (Lipinski definition) is 3. The molecule has 0 saturated heterocycles. The largest absolute Gasteiger partial charge is 0.435 e. The molecule has 104 valence electrons. The highest BCUT2D eigenvalue weighted by Crippen LogP contribution is 2.36. The van der Waals surface area contributed by atoms with Gasteiger partial charge >= 0.3 is 0 Å². The van der Waals surface area contributed by atoms with E-state index >= 15 is 0 Å². The smallest absolute Gasteiger partial charge is 0.237 e. The highest BCUT2D eigenvalue weighted by atomic mass is 32.1. The molecular weight excluding hydrogens is 290 g/mol. The van der Waals surface area contributed by atoms with Crippen LogP contribution in [0.5, 0.6) is 0 Å². The molecule has 0 amide bonds. The van der Waals surface area contributed by atoms with Crippen LogP contribution in [0, 0.1) is 0 Å². The Morgan fingerprint density at radius 2 is 1.55 bits per heavy atom. The van der Waals surface area contributed by atoms with Crippen molar-refractivity contribution in [1.29, 1.82) is 0 Å². The van der Waals surface area contributed by atoms with Gasteiger partial charge in [0.15, 0.2) is 5.58 Å². The molecule has 0 fully saturated rings. The normalized spacial score (nSPS) is 11.6. The number of thiophene rings is 1. The Labute approximate surface area is 130 Å². The van der Waals surface area contributed by atoms with E-state index in [9.17, 15) is 0 Å². The predicted molar refractivity (Wildman–Crippen MR) is 92.3 cm³/mol. The molecule has 0 aliphatic carbocycles. The number of aromatic nitrogens is 1. The second-order valence-electron chi connectivity index (χ2n) is 5.33. The molecule has 0 aliphatic heterocycles. The van der Waals surface area contributed by atoms with E-state index in [-0.39, 0.29) is 0 Å². The summed E-state index contributed by atoms with van der Waals surface area (Å²) >= 11 is 1.72. The number of benzene rings is 3. The van der Waals surface area contributed by atoms with Gasteiger partial charge < -0.3 is 4.42 Å². The first-order chi connectivity index (χ1) is 10.9. The molecule has 0 bridgehead atoms. The summed E-state index contributed by atoms with van der Waals surface area (Å²) in [7, 11) is 0. The van der Waals surface area contributed by atoms with Gasteiger partial charge in [-0.1, -0.05) is 36.4 Å². The molecule has 0 N–H and O–H groups in total. The molecule has 2 aromatic heterocycles. The molecule has 0 radical (unpaired) electrons. The molecule has 0 unspecified atom stereocenters. The third-order valence-corrected chi connectivity index (χ3v) is 4.98. The van der Waals surface area contributed by atoms with Crippen LogP contribution in [0.3, 0.4) is 0 Å². The topological polar surface area (TPSA) is 26.0 Å². The zero-order valence-electron chi connectivity index (χ0n) is 11.6. The van der Waals surface area contributed by atoms with Crippen molar-refractivity contribution in [2.75, 3.05) is 0 Å². The van der Waals surface area contributed by atoms with Gasteiger partial charge in [-0.2, -0.15) is 0 Å². The fourth-order valence-electron chi connectivity index (χ4n) is 2.81. The van der Waals surface area contributed by atoms with Crippen LogP contribution >= 0.6 is 11.3 Å². The van der Waals surface area contributed by atoms with Gasteiger partial charge in [0, 0.05) is 4.70 Å². The minimum Gasteiger partial charge on any atom is -0.435 e. The first kappa shape index (κ1) is 12.0. The Balaban J connectivity index is 1.75. The van der Waals surface area contributed by atoms with Gasteiger partial charge in [-0.15, -0.1) is 11.3 Å². The molecule has 3 heteroatoms. The summed E-state index contributed by atoms with van der Waals surface area (Å²) in [5, 5.41) is 3.76. The van der Waals surface area contributed by atoms with Crippen molar-refractivity contribution < 1.29 is 4.42 Å². The Morgan fingerprint density at radius 3 is 2.41 bits per heavy atom. The number of hydrogen-bond donors (Lipinski definition) is 0. The molecule has 0 spiro atoms. The molecule has 0 saturated carbocycles. The quantitative estimate of drug-likeness (QED) is 0.387. The summed E-state index contributed by atoms with van der Waals surface area (Å²) in [6, 6.07) is 22.9. The van der Waals surface area contributed by atoms with Crippen LogP contribution in [-0.4, -0.2) is 4.98 Å². The van der Waals surface area contributed by atoms with Gasteiger partial charge in [0.2, 0.25) is 5.89 Å². The lowest BCUT2D eigenvalue weighted by Gasteiger charge is -1.96. The average molecular weight is 301 g/mol. The van der Waals surface area contributed by atoms with E-state index in [0.717, 1.165) is 16.0 Å². The molecule has 5 aromatic rings. The molecule has 22 heavy (non-hydrogen) atoms. The summed E-state index contributed by atoms with van der Waals surface area (Å²) in [6.45, 7) is 0. The Bertz CT molecular complexity index is 1050. The highest BCUT2D eigenvalue weighted by molar-refractivity contribution is 7.22. The van der Waals surface area contributed by atoms with Crippen LogP contribution in [0.4, 0.5) is 0 Å². The minimum atomic E-state index is 0.700. The van der Waals surface area contributed by atoms with E-state index in [1.165, 1.54) is 20.9 Å². The van der Waals surface area contributed by atoms with Gasteiger partial charge in [0.05, 0.1) is 4.88 Å². The van der Waals surface area contributed by atoms with Crippen molar-refractivity contribution in [3.8, 4) is 10.8 Å². The first-order valence-corrected chi connectivity index (χ1v) is 7.97. The van der Waals surface area contributed by atoms with Crippen LogP contribution in [0.15, 0.2) is 71.1 Å². The van der Waals surface area contributed by atoms with Crippen molar-refractivity contribution in [1.82, 2.24) is 4.98 Å². The predicted octanol–water partition coefficient (Wildman–Crippen LogP) is 5.86. The Kier molecular flexibility index (Phi) is 2.40. The average Bonchev–Trinajstić information content (AvgIpc) is 3.15. The van der Waals surface area contributed by atoms with Crippen molar-refractivity contribution in [2.24, 2.45) is 0 Å². The van der Waals surface area contributed by atoms with Crippen LogP contribution in [0.2, 0.25) is 0 Å². The second-order valence-corrected chi connectivity index (χ2v) is 6.42. The first-order valence-electron chi connectivity index (χ1n) is 7.15. The van der Waals surface area contributed by atoms with Crippen LogP contribution in [0.1, 0.15) is 0 Å². The number of rotatable bonds is 1. The summed E-state index contributed by atoms with van der Waals surface area (Å²) in [4.78, 5) is 5.66. The maximum Gasteiger partial charge on any atom is 0.237 e. The van der Waals surface area contributed by atoms with Crippen LogP contribution < -0.4 is 0 Å². The van der Waals surface area contributed by atoms with Crippen LogP contribution in [-0.2, 0) is 0 Å². The zero-order valence-corrected chi connectivity index (χ0v) is 12.4. The SMILES string of the molecule is c1ccc2cc3sc(-c4nc5ccccc5o4)cc3cc2c1. The zero-order chi connectivity index (χ0) is 14.5. The fraction of sp³-hybridized carbons (Fsp3) is 0. The van der Waals surface area contributed by atoms with Crippen molar-refractivity contribution in [3.05, 3.63) is 66.7 Å². The number of para-hydroxylation sites is 2. The van der Waals surface area contributed by atoms with Gasteiger partial charge in [0.25, 0.3) is 0 Å². The van der Waals surface area contributed by atoms with Crippen molar-refractivity contribution in [2.45, 2.75) is 0 Å². The molecule has 5 rings (SSSR count). The van der Waals surface area contributed by atoms with Crippen molar-refractivity contribution >= 4 is 43.3 Å². The van der Waals surface area contributed by atoms with Crippen LogP contribution in [0.25, 0.3) is 42.7 Å². The van der Waals surface area contributed by atoms with Gasteiger partial charge in [0.1, 0.15) is 5.52 Å². The van der Waals surface area contributed by atoms with Crippen molar-refractivity contribution in [3.63, 3.8) is 0 Å². The molecule has 3 aromatic carbocycles. The minimum absolute atomic E-state index is 0.700. The van der Waals surface area contributed by atoms with E-state index in [2.05, 4.69) is 47.4 Å². The molecule has 2 nitrogen and oxygen atoms in total. The van der Waals surface area contributed by atoms with E-state index in [1.54, 1.807) is 11.3 Å². The number of nitrogens with zero attached hydrogens (tertiary/aromatic N) is 1. The van der Waals surface area contributed by atoms with Gasteiger partial charge in [-0.3, -0.25) is 0 Å². The number of oxazole rings is 1. The monoisotopic (exact) mass is 301 g/mol. The van der Waals surface area contributed by atoms with E-state index in [4.69, 9.17) is 4.42 Å². The van der Waals surface area contributed by atoms with E-state index in [1.807, 2.05) is 24.3 Å². The summed E-state index contributed by atoms with van der Waals surface area (Å²) in [5.74, 6) is 0.700. The Morgan fingerprint density at radius 1 is 0.773 bits per heavy atom. The number of fused-ring (bicyclic) bond motifs is 3. The van der Waals surface area contributed by atoms with E-state index < -0.39 is 0 Å². The summed E-state index contributed by atoms with van der Waals surface area (Å²) < 4.78 is 7.14. The molecule has 0 aliphatic rings.